The van der Waals surface area contributed by atoms with Gasteiger partial charge in [-0.2, -0.15) is 0 Å². The second-order valence-electron chi connectivity index (χ2n) is 4.13. The van der Waals surface area contributed by atoms with Crippen LogP contribution in [0.25, 0.3) is 11.3 Å². The van der Waals surface area contributed by atoms with Gasteiger partial charge in [0.25, 0.3) is 0 Å². The third kappa shape index (κ3) is 2.94. The van der Waals surface area contributed by atoms with Crippen LogP contribution in [-0.4, -0.2) is 28.3 Å². The molecule has 0 aromatic carbocycles. The number of hydrogen-bond acceptors (Lipinski definition) is 5. The summed E-state index contributed by atoms with van der Waals surface area (Å²) in [5.74, 6) is 1.48. The Labute approximate surface area is 106 Å². The fourth-order valence-electron chi connectivity index (χ4n) is 1.52. The van der Waals surface area contributed by atoms with Gasteiger partial charge in [0.2, 0.25) is 0 Å². The van der Waals surface area contributed by atoms with Crippen LogP contribution in [0.2, 0.25) is 0 Å². The normalized spacial score (nSPS) is 10.4. The van der Waals surface area contributed by atoms with Gasteiger partial charge in [-0.15, -0.1) is 10.2 Å². The molecule has 0 bridgehead atoms. The quantitative estimate of drug-likeness (QED) is 0.894. The Morgan fingerprint density at radius 3 is 2.61 bits per heavy atom. The van der Waals surface area contributed by atoms with Crippen molar-refractivity contribution in [3.05, 3.63) is 30.6 Å². The Bertz CT molecular complexity index is 511. The molecule has 0 aliphatic carbocycles. The van der Waals surface area contributed by atoms with Gasteiger partial charge in [0.05, 0.1) is 18.0 Å². The van der Waals surface area contributed by atoms with E-state index >= 15 is 0 Å². The van der Waals surface area contributed by atoms with Crippen LogP contribution in [0.5, 0.6) is 5.75 Å². The fraction of sp³-hybridized carbons (Fsp3) is 0.308. The highest BCUT2D eigenvalue weighted by atomic mass is 16.5. The first-order valence-corrected chi connectivity index (χ1v) is 5.82. The van der Waals surface area contributed by atoms with Gasteiger partial charge in [0.15, 0.2) is 0 Å². The minimum atomic E-state index is 0.125. The highest BCUT2D eigenvalue weighted by Gasteiger charge is 2.04. The lowest BCUT2D eigenvalue weighted by Crippen LogP contribution is -2.05. The van der Waals surface area contributed by atoms with Crippen LogP contribution in [0.3, 0.4) is 0 Å². The molecule has 2 rings (SSSR count). The van der Waals surface area contributed by atoms with Gasteiger partial charge in [-0.05, 0) is 32.0 Å². The first kappa shape index (κ1) is 12.3. The van der Waals surface area contributed by atoms with Crippen molar-refractivity contribution in [2.45, 2.75) is 20.0 Å². The van der Waals surface area contributed by atoms with E-state index in [1.54, 1.807) is 12.4 Å². The monoisotopic (exact) mass is 244 g/mol. The van der Waals surface area contributed by atoms with Crippen LogP contribution >= 0.6 is 0 Å². The van der Waals surface area contributed by atoms with E-state index in [2.05, 4.69) is 20.5 Å². The molecule has 0 fully saturated rings. The van der Waals surface area contributed by atoms with Crippen LogP contribution in [0.15, 0.2) is 30.6 Å². The molecule has 0 spiro atoms. The number of anilines is 1. The molecule has 2 aromatic heterocycles. The second-order valence-corrected chi connectivity index (χ2v) is 4.13. The van der Waals surface area contributed by atoms with Gasteiger partial charge in [0, 0.05) is 18.8 Å². The van der Waals surface area contributed by atoms with Crippen molar-refractivity contribution in [1.29, 1.82) is 0 Å². The van der Waals surface area contributed by atoms with Gasteiger partial charge >= 0.3 is 0 Å². The summed E-state index contributed by atoms with van der Waals surface area (Å²) in [4.78, 5) is 4.15. The molecule has 0 atom stereocenters. The summed E-state index contributed by atoms with van der Waals surface area (Å²) in [6.07, 6.45) is 3.56. The molecule has 94 valence electrons. The zero-order chi connectivity index (χ0) is 13.0. The maximum atomic E-state index is 5.60. The molecule has 5 nitrogen and oxygen atoms in total. The lowest BCUT2D eigenvalue weighted by atomic mass is 10.2. The molecular formula is C13H16N4O. The van der Waals surface area contributed by atoms with E-state index in [0.29, 0.717) is 0 Å². The maximum Gasteiger partial charge on any atom is 0.148 e. The summed E-state index contributed by atoms with van der Waals surface area (Å²) in [6, 6.07) is 5.68. The highest BCUT2D eigenvalue weighted by molar-refractivity contribution is 5.60. The topological polar surface area (TPSA) is 59.9 Å². The molecular weight excluding hydrogens is 228 g/mol. The number of pyridine rings is 1. The van der Waals surface area contributed by atoms with Crippen molar-refractivity contribution in [2.75, 3.05) is 12.4 Å². The summed E-state index contributed by atoms with van der Waals surface area (Å²) in [6.45, 7) is 3.96. The van der Waals surface area contributed by atoms with Gasteiger partial charge in [-0.3, -0.25) is 4.98 Å². The van der Waals surface area contributed by atoms with Crippen LogP contribution in [0.4, 0.5) is 5.82 Å². The smallest absolute Gasteiger partial charge is 0.148 e. The standard InChI is InChI=1S/C13H16N4O/c1-9(2)18-11-6-10(7-15-8-11)12-4-5-13(14-3)17-16-12/h4-9H,1-3H3,(H,14,17). The van der Waals surface area contributed by atoms with Crippen LogP contribution < -0.4 is 10.1 Å². The van der Waals surface area contributed by atoms with Crippen molar-refractivity contribution in [3.8, 4) is 17.0 Å². The number of nitrogens with zero attached hydrogens (tertiary/aromatic N) is 3. The Hall–Kier alpha value is -2.17. The van der Waals surface area contributed by atoms with E-state index in [4.69, 9.17) is 4.74 Å². The molecule has 0 radical (unpaired) electrons. The summed E-state index contributed by atoms with van der Waals surface area (Å²) in [5.41, 5.74) is 1.67. The van der Waals surface area contributed by atoms with Crippen molar-refractivity contribution in [1.82, 2.24) is 15.2 Å². The zero-order valence-corrected chi connectivity index (χ0v) is 10.7. The van der Waals surface area contributed by atoms with E-state index in [-0.39, 0.29) is 6.10 Å². The van der Waals surface area contributed by atoms with E-state index in [1.165, 1.54) is 0 Å². The lowest BCUT2D eigenvalue weighted by molar-refractivity contribution is 0.241. The van der Waals surface area contributed by atoms with Crippen molar-refractivity contribution < 1.29 is 4.74 Å². The molecule has 2 heterocycles. The average molecular weight is 244 g/mol. The van der Waals surface area contributed by atoms with Gasteiger partial charge in [0.1, 0.15) is 11.6 Å². The molecule has 2 aromatic rings. The largest absolute Gasteiger partial charge is 0.489 e. The first-order valence-electron chi connectivity index (χ1n) is 5.82. The highest BCUT2D eigenvalue weighted by Crippen LogP contribution is 2.21. The van der Waals surface area contributed by atoms with E-state index < -0.39 is 0 Å². The maximum absolute atomic E-state index is 5.60. The van der Waals surface area contributed by atoms with Crippen LogP contribution in [0, 0.1) is 0 Å². The molecule has 18 heavy (non-hydrogen) atoms. The molecule has 0 unspecified atom stereocenters. The van der Waals surface area contributed by atoms with Crippen molar-refractivity contribution in [2.24, 2.45) is 0 Å². The summed E-state index contributed by atoms with van der Waals surface area (Å²) in [5, 5.41) is 11.1. The van der Waals surface area contributed by atoms with E-state index in [9.17, 15) is 0 Å². The van der Waals surface area contributed by atoms with Gasteiger partial charge < -0.3 is 10.1 Å². The minimum Gasteiger partial charge on any atom is -0.489 e. The number of rotatable bonds is 4. The third-order valence-corrected chi connectivity index (χ3v) is 2.30. The Kier molecular flexibility index (Phi) is 3.72. The minimum absolute atomic E-state index is 0.125. The summed E-state index contributed by atoms with van der Waals surface area (Å²) in [7, 11) is 1.81. The van der Waals surface area contributed by atoms with Gasteiger partial charge in [-0.25, -0.2) is 0 Å². The first-order chi connectivity index (χ1) is 8.69. The Balaban J connectivity index is 2.26. The van der Waals surface area contributed by atoms with Crippen LogP contribution in [-0.2, 0) is 0 Å². The molecule has 1 N–H and O–H groups in total. The van der Waals surface area contributed by atoms with Gasteiger partial charge in [-0.1, -0.05) is 0 Å². The SMILES string of the molecule is CNc1ccc(-c2cncc(OC(C)C)c2)nn1. The molecule has 0 amide bonds. The zero-order valence-electron chi connectivity index (χ0n) is 10.7. The molecule has 0 saturated carbocycles. The Morgan fingerprint density at radius 1 is 1.17 bits per heavy atom. The molecule has 0 saturated heterocycles. The molecule has 5 heteroatoms. The fourth-order valence-corrected chi connectivity index (χ4v) is 1.52. The number of ether oxygens (including phenoxy) is 1. The molecule has 0 aliphatic rings. The summed E-state index contributed by atoms with van der Waals surface area (Å²) < 4.78 is 5.60. The van der Waals surface area contributed by atoms with E-state index in [1.807, 2.05) is 39.1 Å². The van der Waals surface area contributed by atoms with Crippen molar-refractivity contribution >= 4 is 5.82 Å². The second kappa shape index (κ2) is 5.44. The summed E-state index contributed by atoms with van der Waals surface area (Å²) >= 11 is 0. The molecule has 0 aliphatic heterocycles. The number of aromatic nitrogens is 3. The van der Waals surface area contributed by atoms with Crippen molar-refractivity contribution in [3.63, 3.8) is 0 Å². The number of nitrogens with one attached hydrogen (secondary N) is 1. The van der Waals surface area contributed by atoms with E-state index in [0.717, 1.165) is 22.8 Å². The Morgan fingerprint density at radius 2 is 2.00 bits per heavy atom. The number of hydrogen-bond donors (Lipinski definition) is 1. The average Bonchev–Trinajstić information content (AvgIpc) is 2.38. The predicted octanol–water partition coefficient (Wildman–Crippen LogP) is 2.37. The lowest BCUT2D eigenvalue weighted by Gasteiger charge is -2.10. The predicted molar refractivity (Wildman–Crippen MR) is 70.6 cm³/mol. The third-order valence-electron chi connectivity index (χ3n) is 2.30. The van der Waals surface area contributed by atoms with Crippen LogP contribution in [0.1, 0.15) is 13.8 Å².